The summed E-state index contributed by atoms with van der Waals surface area (Å²) in [6, 6.07) is 0. The third-order valence-electron chi connectivity index (χ3n) is 4.70. The summed E-state index contributed by atoms with van der Waals surface area (Å²) in [6.45, 7) is 2.84. The number of fused-ring (bicyclic) bond motifs is 1. The maximum atomic E-state index is 12.8. The van der Waals surface area contributed by atoms with E-state index in [1.807, 2.05) is 6.92 Å². The number of amides is 1. The number of piperidine rings is 1. The highest BCUT2D eigenvalue weighted by molar-refractivity contribution is 5.94. The van der Waals surface area contributed by atoms with Gasteiger partial charge in [0, 0.05) is 25.1 Å². The van der Waals surface area contributed by atoms with Gasteiger partial charge in [-0.25, -0.2) is 0 Å². The lowest BCUT2D eigenvalue weighted by Crippen LogP contribution is -2.45. The van der Waals surface area contributed by atoms with Gasteiger partial charge in [-0.2, -0.15) is 0 Å². The van der Waals surface area contributed by atoms with Crippen LogP contribution in [0.2, 0.25) is 0 Å². The summed E-state index contributed by atoms with van der Waals surface area (Å²) in [5.41, 5.74) is 1.34. The third kappa shape index (κ3) is 2.87. The Labute approximate surface area is 129 Å². The van der Waals surface area contributed by atoms with Crippen molar-refractivity contribution in [3.8, 4) is 0 Å². The number of hydrogen-bond donors (Lipinski definition) is 1. The highest BCUT2D eigenvalue weighted by atomic mass is 16.5. The topological polar surface area (TPSA) is 83.6 Å². The van der Waals surface area contributed by atoms with Crippen molar-refractivity contribution in [1.29, 1.82) is 0 Å². The van der Waals surface area contributed by atoms with Crippen LogP contribution in [0.1, 0.15) is 54.4 Å². The Hall–Kier alpha value is -1.85. The van der Waals surface area contributed by atoms with E-state index in [9.17, 15) is 14.7 Å². The minimum atomic E-state index is -0.830. The summed E-state index contributed by atoms with van der Waals surface area (Å²) < 4.78 is 5.37. The summed E-state index contributed by atoms with van der Waals surface area (Å²) in [5.74, 6) is -0.476. The highest BCUT2D eigenvalue weighted by Crippen LogP contribution is 2.27. The molecule has 1 N–H and O–H groups in total. The van der Waals surface area contributed by atoms with Crippen LogP contribution >= 0.6 is 0 Å². The smallest absolute Gasteiger partial charge is 0.308 e. The quantitative estimate of drug-likeness (QED) is 0.846. The van der Waals surface area contributed by atoms with Gasteiger partial charge in [-0.1, -0.05) is 18.5 Å². The fraction of sp³-hybridized carbons (Fsp3) is 0.688. The van der Waals surface area contributed by atoms with E-state index in [4.69, 9.17) is 4.52 Å². The monoisotopic (exact) mass is 306 g/mol. The van der Waals surface area contributed by atoms with E-state index in [1.54, 1.807) is 4.90 Å². The summed E-state index contributed by atoms with van der Waals surface area (Å²) >= 11 is 0. The SMILES string of the molecule is CC1CC(C(=O)O)CN(C(=O)c2noc3c2CCCCC3)C1. The number of nitrogens with zero attached hydrogens (tertiary/aromatic N) is 2. The molecule has 2 atom stereocenters. The molecule has 2 heterocycles. The van der Waals surface area contributed by atoms with Crippen LogP contribution in [0.5, 0.6) is 0 Å². The average molecular weight is 306 g/mol. The molecule has 2 aliphatic rings. The zero-order valence-electron chi connectivity index (χ0n) is 12.9. The molecule has 22 heavy (non-hydrogen) atoms. The lowest BCUT2D eigenvalue weighted by molar-refractivity contribution is -0.143. The average Bonchev–Trinajstić information content (AvgIpc) is 2.74. The number of aryl methyl sites for hydroxylation is 1. The number of aromatic nitrogens is 1. The number of hydrogen-bond acceptors (Lipinski definition) is 4. The van der Waals surface area contributed by atoms with Gasteiger partial charge in [0.15, 0.2) is 5.69 Å². The molecule has 1 aromatic heterocycles. The normalized spacial score (nSPS) is 25.4. The van der Waals surface area contributed by atoms with Gasteiger partial charge < -0.3 is 14.5 Å². The van der Waals surface area contributed by atoms with Gasteiger partial charge in [-0.05, 0) is 31.6 Å². The number of carbonyl (C=O) groups is 2. The molecular formula is C16H22N2O4. The van der Waals surface area contributed by atoms with E-state index >= 15 is 0 Å². The molecular weight excluding hydrogens is 284 g/mol. The molecule has 1 aliphatic heterocycles. The van der Waals surface area contributed by atoms with Crippen LogP contribution in [-0.2, 0) is 17.6 Å². The van der Waals surface area contributed by atoms with Crippen molar-refractivity contribution in [2.24, 2.45) is 11.8 Å². The summed E-state index contributed by atoms with van der Waals surface area (Å²) in [4.78, 5) is 25.7. The summed E-state index contributed by atoms with van der Waals surface area (Å²) in [5, 5.41) is 13.2. The second kappa shape index (κ2) is 6.10. The minimum absolute atomic E-state index is 0.176. The maximum Gasteiger partial charge on any atom is 0.308 e. The van der Waals surface area contributed by atoms with Crippen molar-refractivity contribution in [3.05, 3.63) is 17.0 Å². The van der Waals surface area contributed by atoms with E-state index < -0.39 is 11.9 Å². The molecule has 1 aromatic rings. The molecule has 0 bridgehead atoms. The van der Waals surface area contributed by atoms with Crippen molar-refractivity contribution < 1.29 is 19.2 Å². The summed E-state index contributed by atoms with van der Waals surface area (Å²) in [7, 11) is 0. The van der Waals surface area contributed by atoms with Crippen molar-refractivity contribution in [3.63, 3.8) is 0 Å². The van der Waals surface area contributed by atoms with Crippen LogP contribution in [0.3, 0.4) is 0 Å². The van der Waals surface area contributed by atoms with Crippen molar-refractivity contribution >= 4 is 11.9 Å². The molecule has 1 aliphatic carbocycles. The van der Waals surface area contributed by atoms with Gasteiger partial charge in [0.2, 0.25) is 0 Å². The summed E-state index contributed by atoms with van der Waals surface area (Å²) in [6.07, 6.45) is 5.53. The largest absolute Gasteiger partial charge is 0.481 e. The third-order valence-corrected chi connectivity index (χ3v) is 4.70. The number of carbonyl (C=O) groups excluding carboxylic acids is 1. The van der Waals surface area contributed by atoms with Crippen LogP contribution in [0.4, 0.5) is 0 Å². The standard InChI is InChI=1S/C16H22N2O4/c1-10-7-11(16(20)21)9-18(8-10)15(19)14-12-5-3-2-4-6-13(12)22-17-14/h10-11H,2-9H2,1H3,(H,20,21). The van der Waals surface area contributed by atoms with Crippen molar-refractivity contribution in [1.82, 2.24) is 10.1 Å². The molecule has 1 amide bonds. The van der Waals surface area contributed by atoms with Gasteiger partial charge in [0.25, 0.3) is 5.91 Å². The van der Waals surface area contributed by atoms with Crippen LogP contribution in [-0.4, -0.2) is 40.1 Å². The molecule has 0 radical (unpaired) electrons. The van der Waals surface area contributed by atoms with Crippen molar-refractivity contribution in [2.75, 3.05) is 13.1 Å². The van der Waals surface area contributed by atoms with E-state index in [-0.39, 0.29) is 18.4 Å². The molecule has 3 rings (SSSR count). The fourth-order valence-electron chi connectivity index (χ4n) is 3.58. The first kappa shape index (κ1) is 15.1. The predicted octanol–water partition coefficient (Wildman–Crippen LogP) is 2.13. The molecule has 2 unspecified atom stereocenters. The Bertz CT molecular complexity index is 581. The Morgan fingerprint density at radius 3 is 2.77 bits per heavy atom. The van der Waals surface area contributed by atoms with Crippen LogP contribution in [0.25, 0.3) is 0 Å². The van der Waals surface area contributed by atoms with E-state index in [0.717, 1.165) is 43.4 Å². The maximum absolute atomic E-state index is 12.8. The Balaban J connectivity index is 1.81. The zero-order chi connectivity index (χ0) is 15.7. The van der Waals surface area contributed by atoms with Crippen LogP contribution < -0.4 is 0 Å². The van der Waals surface area contributed by atoms with Gasteiger partial charge in [-0.15, -0.1) is 0 Å². The van der Waals surface area contributed by atoms with Gasteiger partial charge in [0.05, 0.1) is 5.92 Å². The molecule has 0 aromatic carbocycles. The number of carboxylic acids is 1. The fourth-order valence-corrected chi connectivity index (χ4v) is 3.58. The van der Waals surface area contributed by atoms with E-state index in [1.165, 1.54) is 0 Å². The number of aliphatic carboxylic acids is 1. The zero-order valence-corrected chi connectivity index (χ0v) is 12.9. The molecule has 120 valence electrons. The number of carboxylic acid groups (broad SMARTS) is 1. The van der Waals surface area contributed by atoms with Gasteiger partial charge >= 0.3 is 5.97 Å². The molecule has 0 spiro atoms. The van der Waals surface area contributed by atoms with Gasteiger partial charge in [-0.3, -0.25) is 9.59 Å². The lowest BCUT2D eigenvalue weighted by Gasteiger charge is -2.34. The predicted molar refractivity (Wildman–Crippen MR) is 78.6 cm³/mol. The van der Waals surface area contributed by atoms with Crippen LogP contribution in [0, 0.1) is 11.8 Å². The van der Waals surface area contributed by atoms with Crippen LogP contribution in [0.15, 0.2) is 4.52 Å². The lowest BCUT2D eigenvalue weighted by atomic mass is 9.90. The van der Waals surface area contributed by atoms with Gasteiger partial charge in [0.1, 0.15) is 5.76 Å². The van der Waals surface area contributed by atoms with E-state index in [0.29, 0.717) is 18.7 Å². The Kier molecular flexibility index (Phi) is 4.18. The second-order valence-corrected chi connectivity index (χ2v) is 6.58. The second-order valence-electron chi connectivity index (χ2n) is 6.58. The first-order valence-corrected chi connectivity index (χ1v) is 8.05. The molecule has 1 saturated heterocycles. The molecule has 6 heteroatoms. The first-order chi connectivity index (χ1) is 10.6. The Morgan fingerprint density at radius 1 is 1.23 bits per heavy atom. The number of rotatable bonds is 2. The van der Waals surface area contributed by atoms with E-state index in [2.05, 4.69) is 5.16 Å². The number of likely N-dealkylation sites (tertiary alicyclic amines) is 1. The van der Waals surface area contributed by atoms with Crippen molar-refractivity contribution in [2.45, 2.75) is 45.4 Å². The first-order valence-electron chi connectivity index (χ1n) is 8.05. The highest BCUT2D eigenvalue weighted by Gasteiger charge is 2.34. The minimum Gasteiger partial charge on any atom is -0.481 e. The molecule has 6 nitrogen and oxygen atoms in total. The Morgan fingerprint density at radius 2 is 2.00 bits per heavy atom. The molecule has 0 saturated carbocycles. The molecule has 1 fully saturated rings.